The molecule has 1 aromatic heterocycles. The van der Waals surface area contributed by atoms with Crippen LogP contribution in [-0.4, -0.2) is 69.6 Å². The van der Waals surface area contributed by atoms with Crippen LogP contribution in [0.2, 0.25) is 0 Å². The quantitative estimate of drug-likeness (QED) is 0.320. The number of likely N-dealkylation sites (tertiary alicyclic amines) is 1. The fourth-order valence-corrected chi connectivity index (χ4v) is 7.43. The van der Waals surface area contributed by atoms with Crippen molar-refractivity contribution in [2.45, 2.75) is 74.6 Å². The fraction of sp³-hybridized carbons (Fsp3) is 0.500. The number of hydrogen-bond acceptors (Lipinski definition) is 7. The second-order valence-corrected chi connectivity index (χ2v) is 13.0. The number of benzene rings is 2. The molecular formula is C32H42N4O4S. The van der Waals surface area contributed by atoms with Crippen LogP contribution in [0.15, 0.2) is 58.5 Å². The van der Waals surface area contributed by atoms with Crippen molar-refractivity contribution in [3.8, 4) is 5.75 Å². The first-order valence-corrected chi connectivity index (χ1v) is 16.6. The molecule has 3 heterocycles. The van der Waals surface area contributed by atoms with Gasteiger partial charge in [-0.15, -0.1) is 0 Å². The number of anilines is 1. The number of piperidine rings is 2. The number of rotatable bonds is 10. The van der Waals surface area contributed by atoms with Gasteiger partial charge >= 0.3 is 0 Å². The van der Waals surface area contributed by atoms with Crippen molar-refractivity contribution in [1.29, 1.82) is 0 Å². The zero-order valence-electron chi connectivity index (χ0n) is 24.3. The Labute approximate surface area is 244 Å². The van der Waals surface area contributed by atoms with E-state index >= 15 is 0 Å². The summed E-state index contributed by atoms with van der Waals surface area (Å²) in [4.78, 5) is 22.5. The van der Waals surface area contributed by atoms with E-state index < -0.39 is 9.84 Å². The van der Waals surface area contributed by atoms with E-state index in [4.69, 9.17) is 4.74 Å². The highest BCUT2D eigenvalue weighted by molar-refractivity contribution is 7.91. The number of sulfone groups is 1. The highest BCUT2D eigenvalue weighted by atomic mass is 32.2. The van der Waals surface area contributed by atoms with E-state index in [2.05, 4.69) is 27.0 Å². The van der Waals surface area contributed by atoms with Crippen molar-refractivity contribution in [3.05, 3.63) is 54.2 Å². The number of unbranched alkanes of at least 4 members (excludes halogenated alkanes) is 1. The summed E-state index contributed by atoms with van der Waals surface area (Å²) in [7, 11) is -3.90. The lowest BCUT2D eigenvalue weighted by Crippen LogP contribution is -2.47. The van der Waals surface area contributed by atoms with Crippen molar-refractivity contribution in [2.24, 2.45) is 0 Å². The van der Waals surface area contributed by atoms with Crippen molar-refractivity contribution in [1.82, 2.24) is 15.2 Å². The number of aromatic nitrogens is 1. The summed E-state index contributed by atoms with van der Waals surface area (Å²) in [6.45, 7) is 8.89. The van der Waals surface area contributed by atoms with Gasteiger partial charge in [-0.3, -0.25) is 9.78 Å². The van der Waals surface area contributed by atoms with Crippen LogP contribution in [0.1, 0.15) is 69.2 Å². The molecule has 0 radical (unpaired) electrons. The molecule has 0 atom stereocenters. The molecular weight excluding hydrogens is 536 g/mol. The average molecular weight is 579 g/mol. The van der Waals surface area contributed by atoms with Gasteiger partial charge in [0, 0.05) is 42.8 Å². The Morgan fingerprint density at radius 3 is 2.41 bits per heavy atom. The van der Waals surface area contributed by atoms with E-state index in [1.165, 1.54) is 25.5 Å². The minimum Gasteiger partial charge on any atom is -0.494 e. The monoisotopic (exact) mass is 578 g/mol. The molecule has 0 bridgehead atoms. The SMILES string of the molecule is CCCCOc1ccc(S(=O)(=O)c2cnc3ccc(C(=O)NCC)cc3c2N2CCC(N3CCCCC3)CC2)cc1. The third kappa shape index (κ3) is 6.51. The number of nitrogens with one attached hydrogen (secondary N) is 1. The van der Waals surface area contributed by atoms with Crippen molar-refractivity contribution in [2.75, 3.05) is 44.2 Å². The van der Waals surface area contributed by atoms with Gasteiger partial charge in [0.2, 0.25) is 9.84 Å². The maximum Gasteiger partial charge on any atom is 0.251 e. The van der Waals surface area contributed by atoms with Gasteiger partial charge < -0.3 is 19.9 Å². The molecule has 41 heavy (non-hydrogen) atoms. The van der Waals surface area contributed by atoms with E-state index in [-0.39, 0.29) is 15.7 Å². The number of fused-ring (bicyclic) bond motifs is 1. The molecule has 5 rings (SSSR count). The first kappa shape index (κ1) is 29.3. The Hall–Kier alpha value is -3.17. The Bertz CT molecular complexity index is 1440. The van der Waals surface area contributed by atoms with Crippen LogP contribution in [0.25, 0.3) is 10.9 Å². The van der Waals surface area contributed by atoms with E-state index in [0.29, 0.717) is 47.1 Å². The fourth-order valence-electron chi connectivity index (χ4n) is 6.00. The molecule has 220 valence electrons. The lowest BCUT2D eigenvalue weighted by atomic mass is 9.99. The minimum absolute atomic E-state index is 0.175. The smallest absolute Gasteiger partial charge is 0.251 e. The Kier molecular flexibility index (Phi) is 9.45. The topological polar surface area (TPSA) is 91.8 Å². The van der Waals surface area contributed by atoms with Gasteiger partial charge in [-0.25, -0.2) is 8.42 Å². The molecule has 2 saturated heterocycles. The third-order valence-electron chi connectivity index (χ3n) is 8.28. The van der Waals surface area contributed by atoms with Gasteiger partial charge in [0.1, 0.15) is 10.6 Å². The summed E-state index contributed by atoms with van der Waals surface area (Å²) in [5, 5.41) is 3.54. The molecule has 0 unspecified atom stereocenters. The highest BCUT2D eigenvalue weighted by Crippen LogP contribution is 2.38. The standard InChI is InChI=1S/C32H42N4O4S/c1-3-5-21-40-26-10-12-27(13-11-26)41(38,39)30-23-34-29-14-9-24(32(37)33-4-2)22-28(29)31(30)36-19-15-25(16-20-36)35-17-7-6-8-18-35/h9-14,22-23,25H,3-8,15-21H2,1-2H3,(H,33,37). The summed E-state index contributed by atoms with van der Waals surface area (Å²) >= 11 is 0. The lowest BCUT2D eigenvalue weighted by Gasteiger charge is -2.41. The molecule has 3 aromatic rings. The van der Waals surface area contributed by atoms with Gasteiger partial charge in [-0.1, -0.05) is 19.8 Å². The van der Waals surface area contributed by atoms with E-state index in [0.717, 1.165) is 51.9 Å². The van der Waals surface area contributed by atoms with Gasteiger partial charge in [-0.05, 0) is 94.6 Å². The van der Waals surface area contributed by atoms with Crippen molar-refractivity contribution >= 4 is 32.3 Å². The Morgan fingerprint density at radius 1 is 1.00 bits per heavy atom. The van der Waals surface area contributed by atoms with Gasteiger partial charge in [0.05, 0.1) is 22.7 Å². The number of nitrogens with zero attached hydrogens (tertiary/aromatic N) is 3. The Balaban J connectivity index is 1.53. The third-order valence-corrected chi connectivity index (χ3v) is 10.1. The molecule has 2 aromatic carbocycles. The molecule has 0 spiro atoms. The summed E-state index contributed by atoms with van der Waals surface area (Å²) in [6, 6.07) is 12.5. The number of pyridine rings is 1. The summed E-state index contributed by atoms with van der Waals surface area (Å²) in [5.41, 5.74) is 1.81. The largest absolute Gasteiger partial charge is 0.494 e. The maximum absolute atomic E-state index is 14.2. The molecule has 2 aliphatic heterocycles. The second kappa shape index (κ2) is 13.2. The van der Waals surface area contributed by atoms with Crippen LogP contribution in [0.3, 0.4) is 0 Å². The second-order valence-electron chi connectivity index (χ2n) is 11.1. The first-order chi connectivity index (χ1) is 19.9. The van der Waals surface area contributed by atoms with Crippen LogP contribution >= 0.6 is 0 Å². The van der Waals surface area contributed by atoms with Crippen molar-refractivity contribution < 1.29 is 17.9 Å². The van der Waals surface area contributed by atoms with E-state index in [1.54, 1.807) is 36.4 Å². The van der Waals surface area contributed by atoms with Crippen LogP contribution in [-0.2, 0) is 9.84 Å². The van der Waals surface area contributed by atoms with Crippen LogP contribution < -0.4 is 15.0 Å². The number of carbonyl (C=O) groups excluding carboxylic acids is 1. The molecule has 2 aliphatic rings. The number of ether oxygens (including phenoxy) is 1. The highest BCUT2D eigenvalue weighted by Gasteiger charge is 2.31. The first-order valence-electron chi connectivity index (χ1n) is 15.1. The molecule has 0 aliphatic carbocycles. The zero-order valence-corrected chi connectivity index (χ0v) is 25.1. The van der Waals surface area contributed by atoms with Crippen LogP contribution in [0.4, 0.5) is 5.69 Å². The predicted molar refractivity (Wildman–Crippen MR) is 163 cm³/mol. The van der Waals surface area contributed by atoms with Gasteiger partial charge in [-0.2, -0.15) is 0 Å². The molecule has 9 heteroatoms. The van der Waals surface area contributed by atoms with E-state index in [1.807, 2.05) is 13.0 Å². The summed E-state index contributed by atoms with van der Waals surface area (Å²) in [5.74, 6) is 0.469. The predicted octanol–water partition coefficient (Wildman–Crippen LogP) is 5.45. The average Bonchev–Trinajstić information content (AvgIpc) is 3.01. The van der Waals surface area contributed by atoms with Gasteiger partial charge in [0.15, 0.2) is 0 Å². The van der Waals surface area contributed by atoms with Crippen LogP contribution in [0, 0.1) is 0 Å². The van der Waals surface area contributed by atoms with E-state index in [9.17, 15) is 13.2 Å². The number of carbonyl (C=O) groups is 1. The zero-order chi connectivity index (χ0) is 28.8. The molecule has 2 fully saturated rings. The molecule has 1 amide bonds. The molecule has 8 nitrogen and oxygen atoms in total. The Morgan fingerprint density at radius 2 is 1.73 bits per heavy atom. The summed E-state index contributed by atoms with van der Waals surface area (Å²) in [6.07, 6.45) is 9.22. The molecule has 1 N–H and O–H groups in total. The van der Waals surface area contributed by atoms with Crippen molar-refractivity contribution in [3.63, 3.8) is 0 Å². The van der Waals surface area contributed by atoms with Crippen LogP contribution in [0.5, 0.6) is 5.75 Å². The maximum atomic E-state index is 14.2. The molecule has 0 saturated carbocycles. The summed E-state index contributed by atoms with van der Waals surface area (Å²) < 4.78 is 34.1. The lowest BCUT2D eigenvalue weighted by molar-refractivity contribution is 0.0956. The minimum atomic E-state index is -3.90. The normalized spacial score (nSPS) is 17.1. The number of amides is 1. The van der Waals surface area contributed by atoms with Gasteiger partial charge in [0.25, 0.3) is 5.91 Å². The number of hydrogen-bond donors (Lipinski definition) is 1.